The molecular weight excluding hydrogens is 256 g/mol. The van der Waals surface area contributed by atoms with Gasteiger partial charge in [-0.05, 0) is 34.1 Å². The summed E-state index contributed by atoms with van der Waals surface area (Å²) in [5, 5.41) is 0. The molecule has 0 aliphatic carbocycles. The molecule has 19 heavy (non-hydrogen) atoms. The number of halogens is 3. The summed E-state index contributed by atoms with van der Waals surface area (Å²) < 4.78 is 50.3. The molecule has 2 nitrogen and oxygen atoms in total. The second-order valence-corrected chi connectivity index (χ2v) is 6.67. The standard InChI is InChI=1S/C13H22BF3O2/c1-11(2,10(16)17)8-7-9(15)14-18-12(3,4)13(5,6)19-14/h7,10H,8H2,1-6H3. The van der Waals surface area contributed by atoms with E-state index in [4.69, 9.17) is 9.31 Å². The van der Waals surface area contributed by atoms with Crippen molar-refractivity contribution in [2.75, 3.05) is 0 Å². The first-order chi connectivity index (χ1) is 8.39. The predicted octanol–water partition coefficient (Wildman–Crippen LogP) is 4.15. The fourth-order valence-electron chi connectivity index (χ4n) is 1.50. The molecule has 0 aromatic rings. The van der Waals surface area contributed by atoms with Crippen LogP contribution in [-0.4, -0.2) is 24.7 Å². The van der Waals surface area contributed by atoms with Crippen molar-refractivity contribution in [3.63, 3.8) is 0 Å². The number of hydrogen-bond donors (Lipinski definition) is 0. The van der Waals surface area contributed by atoms with Gasteiger partial charge in [0.05, 0.1) is 11.2 Å². The van der Waals surface area contributed by atoms with E-state index < -0.39 is 35.9 Å². The molecule has 0 bridgehead atoms. The van der Waals surface area contributed by atoms with Crippen LogP contribution in [0.3, 0.4) is 0 Å². The second kappa shape index (κ2) is 5.13. The lowest BCUT2D eigenvalue weighted by Crippen LogP contribution is -2.41. The summed E-state index contributed by atoms with van der Waals surface area (Å²) in [6.07, 6.45) is -1.44. The molecule has 110 valence electrons. The monoisotopic (exact) mass is 278 g/mol. The van der Waals surface area contributed by atoms with Gasteiger partial charge in [-0.2, -0.15) is 0 Å². The molecule has 0 aromatic carbocycles. The van der Waals surface area contributed by atoms with Gasteiger partial charge in [-0.3, -0.25) is 0 Å². The Bertz CT molecular complexity index is 349. The Kier molecular flexibility index (Phi) is 4.47. The van der Waals surface area contributed by atoms with Crippen LogP contribution in [0.4, 0.5) is 13.2 Å². The van der Waals surface area contributed by atoms with Gasteiger partial charge in [0, 0.05) is 5.41 Å². The summed E-state index contributed by atoms with van der Waals surface area (Å²) in [7, 11) is -1.11. The van der Waals surface area contributed by atoms with E-state index in [0.29, 0.717) is 0 Å². The maximum atomic E-state index is 14.0. The van der Waals surface area contributed by atoms with Crippen LogP contribution in [0.5, 0.6) is 0 Å². The first kappa shape index (κ1) is 16.6. The quantitative estimate of drug-likeness (QED) is 0.719. The van der Waals surface area contributed by atoms with Crippen LogP contribution in [-0.2, 0) is 9.31 Å². The van der Waals surface area contributed by atoms with E-state index in [0.717, 1.165) is 6.08 Å². The van der Waals surface area contributed by atoms with Gasteiger partial charge in [0.25, 0.3) is 0 Å². The Morgan fingerprint density at radius 2 is 1.58 bits per heavy atom. The predicted molar refractivity (Wildman–Crippen MR) is 69.7 cm³/mol. The van der Waals surface area contributed by atoms with Crippen molar-refractivity contribution in [1.82, 2.24) is 0 Å². The molecule has 1 aliphatic rings. The zero-order valence-corrected chi connectivity index (χ0v) is 12.4. The van der Waals surface area contributed by atoms with Crippen molar-refractivity contribution in [3.05, 3.63) is 11.8 Å². The van der Waals surface area contributed by atoms with E-state index in [1.54, 1.807) is 0 Å². The number of alkyl halides is 2. The second-order valence-electron chi connectivity index (χ2n) is 6.67. The molecule has 0 spiro atoms. The molecule has 0 unspecified atom stereocenters. The largest absolute Gasteiger partial charge is 0.524 e. The Labute approximate surface area is 113 Å². The SMILES string of the molecule is CC(C)(CC=C(F)B1OC(C)(C)C(C)(C)O1)C(F)F. The highest BCUT2D eigenvalue weighted by atomic mass is 19.3. The molecule has 0 aromatic heterocycles. The number of rotatable bonds is 4. The van der Waals surface area contributed by atoms with Crippen molar-refractivity contribution in [1.29, 1.82) is 0 Å². The summed E-state index contributed by atoms with van der Waals surface area (Å²) in [5.74, 6) is 0. The molecule has 1 rings (SSSR count). The third-order valence-electron chi connectivity index (χ3n) is 3.89. The minimum atomic E-state index is -2.50. The molecule has 0 amide bonds. The average Bonchev–Trinajstić information content (AvgIpc) is 2.44. The molecule has 1 aliphatic heterocycles. The molecule has 0 atom stereocenters. The number of allylic oxidation sites excluding steroid dienone is 1. The van der Waals surface area contributed by atoms with Gasteiger partial charge in [-0.25, -0.2) is 13.2 Å². The van der Waals surface area contributed by atoms with Crippen LogP contribution >= 0.6 is 0 Å². The normalized spacial score (nSPS) is 23.3. The van der Waals surface area contributed by atoms with Crippen LogP contribution in [0.25, 0.3) is 0 Å². The Morgan fingerprint density at radius 3 is 1.95 bits per heavy atom. The fraction of sp³-hybridized carbons (Fsp3) is 0.846. The van der Waals surface area contributed by atoms with Crippen LogP contribution < -0.4 is 0 Å². The summed E-state index contributed by atoms with van der Waals surface area (Å²) in [6, 6.07) is 0. The summed E-state index contributed by atoms with van der Waals surface area (Å²) in [6.45, 7) is 10.0. The van der Waals surface area contributed by atoms with Gasteiger partial charge < -0.3 is 9.31 Å². The Morgan fingerprint density at radius 1 is 1.16 bits per heavy atom. The van der Waals surface area contributed by atoms with E-state index in [1.807, 2.05) is 27.7 Å². The first-order valence-corrected chi connectivity index (χ1v) is 6.38. The van der Waals surface area contributed by atoms with Gasteiger partial charge >= 0.3 is 7.12 Å². The molecule has 1 saturated heterocycles. The van der Waals surface area contributed by atoms with Crippen LogP contribution in [0.15, 0.2) is 11.8 Å². The van der Waals surface area contributed by atoms with Crippen molar-refractivity contribution in [2.45, 2.75) is 65.6 Å². The molecular formula is C13H22BF3O2. The minimum absolute atomic E-state index is 0.0689. The maximum absolute atomic E-state index is 14.0. The third-order valence-corrected chi connectivity index (χ3v) is 3.89. The van der Waals surface area contributed by atoms with Crippen LogP contribution in [0.1, 0.15) is 48.0 Å². The smallest absolute Gasteiger partial charge is 0.398 e. The first-order valence-electron chi connectivity index (χ1n) is 6.38. The maximum Gasteiger partial charge on any atom is 0.524 e. The summed E-state index contributed by atoms with van der Waals surface area (Å²) in [5.41, 5.74) is -3.18. The topological polar surface area (TPSA) is 18.5 Å². The minimum Gasteiger partial charge on any atom is -0.398 e. The van der Waals surface area contributed by atoms with Crippen molar-refractivity contribution in [3.8, 4) is 0 Å². The van der Waals surface area contributed by atoms with Crippen molar-refractivity contribution in [2.24, 2.45) is 5.41 Å². The van der Waals surface area contributed by atoms with E-state index >= 15 is 0 Å². The van der Waals surface area contributed by atoms with Gasteiger partial charge in [0.15, 0.2) is 0 Å². The zero-order valence-electron chi connectivity index (χ0n) is 12.4. The van der Waals surface area contributed by atoms with Crippen LogP contribution in [0.2, 0.25) is 0 Å². The highest BCUT2D eigenvalue weighted by molar-refractivity contribution is 6.53. The van der Waals surface area contributed by atoms with E-state index in [-0.39, 0.29) is 6.42 Å². The molecule has 0 saturated carbocycles. The van der Waals surface area contributed by atoms with E-state index in [9.17, 15) is 13.2 Å². The van der Waals surface area contributed by atoms with Crippen molar-refractivity contribution >= 4 is 7.12 Å². The molecule has 0 radical (unpaired) electrons. The Balaban J connectivity index is 2.73. The fourth-order valence-corrected chi connectivity index (χ4v) is 1.50. The van der Waals surface area contributed by atoms with E-state index in [2.05, 4.69) is 0 Å². The molecule has 1 fully saturated rings. The molecule has 1 heterocycles. The van der Waals surface area contributed by atoms with Gasteiger partial charge in [0.2, 0.25) is 6.43 Å². The van der Waals surface area contributed by atoms with Gasteiger partial charge in [-0.1, -0.05) is 19.9 Å². The highest BCUT2D eigenvalue weighted by Gasteiger charge is 2.53. The zero-order chi connectivity index (χ0) is 15.1. The number of hydrogen-bond acceptors (Lipinski definition) is 2. The lowest BCUT2D eigenvalue weighted by Gasteiger charge is -2.32. The van der Waals surface area contributed by atoms with E-state index in [1.165, 1.54) is 13.8 Å². The lowest BCUT2D eigenvalue weighted by molar-refractivity contribution is 0.00578. The van der Waals surface area contributed by atoms with Crippen LogP contribution in [0, 0.1) is 5.41 Å². The molecule has 0 N–H and O–H groups in total. The third kappa shape index (κ3) is 3.54. The summed E-state index contributed by atoms with van der Waals surface area (Å²) in [4.78, 5) is 0. The van der Waals surface area contributed by atoms with Gasteiger partial charge in [-0.15, -0.1) is 0 Å². The van der Waals surface area contributed by atoms with Crippen molar-refractivity contribution < 1.29 is 22.5 Å². The lowest BCUT2D eigenvalue weighted by atomic mass is 9.83. The molecule has 6 heteroatoms. The summed E-state index contributed by atoms with van der Waals surface area (Å²) >= 11 is 0. The highest BCUT2D eigenvalue weighted by Crippen LogP contribution is 2.39. The average molecular weight is 278 g/mol. The Hall–Kier alpha value is -0.485. The van der Waals surface area contributed by atoms with Gasteiger partial charge in [0.1, 0.15) is 5.73 Å².